The number of ether oxygens (including phenoxy) is 2. The number of rotatable bonds is 9. The highest BCUT2D eigenvalue weighted by Gasteiger charge is 2.31. The molecule has 0 bridgehead atoms. The summed E-state index contributed by atoms with van der Waals surface area (Å²) in [5.74, 6) is 0.954. The molecular weight excluding hydrogens is 416 g/mol. The van der Waals surface area contributed by atoms with Gasteiger partial charge in [0, 0.05) is 19.0 Å². The van der Waals surface area contributed by atoms with Gasteiger partial charge in [-0.05, 0) is 66.5 Å². The summed E-state index contributed by atoms with van der Waals surface area (Å²) in [4.78, 5) is 12.8. The number of hydrogen-bond acceptors (Lipinski definition) is 5. The molecule has 1 aliphatic heterocycles. The summed E-state index contributed by atoms with van der Waals surface area (Å²) in [6.07, 6.45) is 0.257. The first kappa shape index (κ1) is 23.1. The second kappa shape index (κ2) is 11.2. The number of fused-ring (bicyclic) bond motifs is 1. The quantitative estimate of drug-likeness (QED) is 0.508. The highest BCUT2D eigenvalue weighted by atomic mass is 16.5. The zero-order valence-electron chi connectivity index (χ0n) is 19.0. The van der Waals surface area contributed by atoms with Crippen molar-refractivity contribution in [3.8, 4) is 5.75 Å². The summed E-state index contributed by atoms with van der Waals surface area (Å²) in [7, 11) is 1.93. The fraction of sp³-hybridized carbons (Fsp3) is 0.370. The van der Waals surface area contributed by atoms with Gasteiger partial charge in [0.15, 0.2) is 0 Å². The van der Waals surface area contributed by atoms with Gasteiger partial charge in [-0.1, -0.05) is 48.5 Å². The van der Waals surface area contributed by atoms with E-state index in [-0.39, 0.29) is 12.0 Å². The standard InChI is InChI=1S/C27H32N2O4/c1-28-14-4-16-32-24-11-9-22(10-12-24)25-13-15-29(27(30)31)18-26(25)33-19-20-7-8-21-5-2-3-6-23(21)17-20/h2-3,5-12,17,25-26,28H,4,13-16,18-19H2,1H3,(H,30,31)/p-1. The van der Waals surface area contributed by atoms with Crippen LogP contribution < -0.4 is 15.2 Å². The Morgan fingerprint density at radius 3 is 2.64 bits per heavy atom. The number of likely N-dealkylation sites (tertiary alicyclic amines) is 1. The van der Waals surface area contributed by atoms with Crippen LogP contribution in [0.4, 0.5) is 4.79 Å². The van der Waals surface area contributed by atoms with Crippen LogP contribution in [0.3, 0.4) is 0 Å². The van der Waals surface area contributed by atoms with Gasteiger partial charge >= 0.3 is 0 Å². The van der Waals surface area contributed by atoms with Crippen molar-refractivity contribution in [1.29, 1.82) is 0 Å². The molecule has 1 N–H and O–H groups in total. The first-order valence-corrected chi connectivity index (χ1v) is 11.6. The molecule has 0 aliphatic carbocycles. The molecule has 0 aromatic heterocycles. The minimum Gasteiger partial charge on any atom is -0.530 e. The average Bonchev–Trinajstić information content (AvgIpc) is 2.85. The van der Waals surface area contributed by atoms with E-state index in [0.717, 1.165) is 29.8 Å². The van der Waals surface area contributed by atoms with Gasteiger partial charge < -0.3 is 29.6 Å². The van der Waals surface area contributed by atoms with Crippen LogP contribution >= 0.6 is 0 Å². The van der Waals surface area contributed by atoms with Crippen LogP contribution in [-0.2, 0) is 11.3 Å². The van der Waals surface area contributed by atoms with Crippen LogP contribution in [0.15, 0.2) is 66.7 Å². The van der Waals surface area contributed by atoms with Crippen molar-refractivity contribution in [1.82, 2.24) is 10.2 Å². The molecule has 1 amide bonds. The highest BCUT2D eigenvalue weighted by molar-refractivity contribution is 5.82. The molecule has 174 valence electrons. The summed E-state index contributed by atoms with van der Waals surface area (Å²) < 4.78 is 12.1. The van der Waals surface area contributed by atoms with Crippen LogP contribution in [0.25, 0.3) is 10.8 Å². The van der Waals surface area contributed by atoms with Gasteiger partial charge in [-0.3, -0.25) is 0 Å². The summed E-state index contributed by atoms with van der Waals surface area (Å²) in [5, 5.41) is 17.0. The van der Waals surface area contributed by atoms with E-state index in [9.17, 15) is 9.90 Å². The first-order chi connectivity index (χ1) is 16.1. The number of benzene rings is 3. The Hall–Kier alpha value is -3.09. The lowest BCUT2D eigenvalue weighted by atomic mass is 9.87. The number of carboxylic acid groups (broad SMARTS) is 1. The van der Waals surface area contributed by atoms with E-state index in [1.54, 1.807) is 0 Å². The van der Waals surface area contributed by atoms with E-state index >= 15 is 0 Å². The number of carbonyl (C=O) groups is 1. The Morgan fingerprint density at radius 1 is 1.09 bits per heavy atom. The topological polar surface area (TPSA) is 73.9 Å². The normalized spacial score (nSPS) is 18.4. The predicted octanol–water partition coefficient (Wildman–Crippen LogP) is 3.55. The molecule has 6 heteroatoms. The van der Waals surface area contributed by atoms with Crippen molar-refractivity contribution in [3.05, 3.63) is 77.9 Å². The minimum atomic E-state index is -1.14. The average molecular weight is 448 g/mol. The molecule has 3 aromatic rings. The molecule has 6 nitrogen and oxygen atoms in total. The van der Waals surface area contributed by atoms with Crippen LogP contribution in [0.1, 0.15) is 29.9 Å². The molecule has 1 aliphatic rings. The Kier molecular flexibility index (Phi) is 7.81. The van der Waals surface area contributed by atoms with Gasteiger partial charge in [0.1, 0.15) is 11.8 Å². The van der Waals surface area contributed by atoms with Gasteiger partial charge in [-0.15, -0.1) is 0 Å². The highest BCUT2D eigenvalue weighted by Crippen LogP contribution is 2.32. The SMILES string of the molecule is CNCCCOc1ccc(C2CCN(C(=O)[O-])CC2OCc2ccc3ccccc3c2)cc1. The Bertz CT molecular complexity index is 1050. The van der Waals surface area contributed by atoms with Crippen LogP contribution in [0.2, 0.25) is 0 Å². The number of hydrogen-bond donors (Lipinski definition) is 1. The Labute approximate surface area is 195 Å². The largest absolute Gasteiger partial charge is 0.530 e. The third kappa shape index (κ3) is 6.03. The lowest BCUT2D eigenvalue weighted by molar-refractivity contribution is -0.268. The molecule has 3 aromatic carbocycles. The number of nitrogens with zero attached hydrogens (tertiary/aromatic N) is 1. The second-order valence-electron chi connectivity index (χ2n) is 8.51. The fourth-order valence-electron chi connectivity index (χ4n) is 4.41. The zero-order valence-corrected chi connectivity index (χ0v) is 19.0. The number of piperidine rings is 1. The fourth-order valence-corrected chi connectivity index (χ4v) is 4.41. The lowest BCUT2D eigenvalue weighted by Gasteiger charge is -2.40. The Balaban J connectivity index is 1.44. The third-order valence-corrected chi connectivity index (χ3v) is 6.24. The van der Waals surface area contributed by atoms with Crippen molar-refractivity contribution in [2.75, 3.05) is 33.3 Å². The van der Waals surface area contributed by atoms with Gasteiger partial charge in [0.05, 0.1) is 19.3 Å². The maximum Gasteiger partial charge on any atom is 0.137 e. The molecule has 0 saturated carbocycles. The summed E-state index contributed by atoms with van der Waals surface area (Å²) in [5.41, 5.74) is 2.21. The maximum atomic E-state index is 11.5. The van der Waals surface area contributed by atoms with E-state index in [1.165, 1.54) is 15.7 Å². The van der Waals surface area contributed by atoms with E-state index in [4.69, 9.17) is 9.47 Å². The van der Waals surface area contributed by atoms with Crippen molar-refractivity contribution < 1.29 is 19.4 Å². The summed E-state index contributed by atoms with van der Waals surface area (Å²) in [6, 6.07) is 22.6. The van der Waals surface area contributed by atoms with Gasteiger partial charge in [-0.25, -0.2) is 0 Å². The molecule has 33 heavy (non-hydrogen) atoms. The predicted molar refractivity (Wildman–Crippen MR) is 127 cm³/mol. The zero-order chi connectivity index (χ0) is 23.0. The summed E-state index contributed by atoms with van der Waals surface area (Å²) >= 11 is 0. The third-order valence-electron chi connectivity index (χ3n) is 6.24. The van der Waals surface area contributed by atoms with Gasteiger partial charge in [0.2, 0.25) is 0 Å². The Morgan fingerprint density at radius 2 is 1.88 bits per heavy atom. The molecule has 1 heterocycles. The number of amides is 1. The number of nitrogens with one attached hydrogen (secondary N) is 1. The van der Waals surface area contributed by atoms with Gasteiger partial charge in [-0.2, -0.15) is 0 Å². The van der Waals surface area contributed by atoms with Gasteiger partial charge in [0.25, 0.3) is 0 Å². The van der Waals surface area contributed by atoms with Crippen LogP contribution in [0, 0.1) is 0 Å². The molecule has 2 unspecified atom stereocenters. The molecule has 0 spiro atoms. The molecule has 4 rings (SSSR count). The smallest absolute Gasteiger partial charge is 0.137 e. The molecule has 1 fully saturated rings. The van der Waals surface area contributed by atoms with E-state index in [1.807, 2.05) is 31.3 Å². The van der Waals surface area contributed by atoms with Crippen LogP contribution in [0.5, 0.6) is 5.75 Å². The summed E-state index contributed by atoms with van der Waals surface area (Å²) in [6.45, 7) is 2.78. The number of carbonyl (C=O) groups excluding carboxylic acids is 1. The van der Waals surface area contributed by atoms with Crippen molar-refractivity contribution in [3.63, 3.8) is 0 Å². The maximum absolute atomic E-state index is 11.5. The lowest BCUT2D eigenvalue weighted by Crippen LogP contribution is -2.51. The van der Waals surface area contributed by atoms with E-state index in [2.05, 4.69) is 47.8 Å². The first-order valence-electron chi connectivity index (χ1n) is 11.6. The second-order valence-corrected chi connectivity index (χ2v) is 8.51. The molecule has 1 saturated heterocycles. The monoisotopic (exact) mass is 447 g/mol. The van der Waals surface area contributed by atoms with Crippen molar-refractivity contribution >= 4 is 16.9 Å². The minimum absolute atomic E-state index is 0.111. The van der Waals surface area contributed by atoms with E-state index < -0.39 is 6.09 Å². The van der Waals surface area contributed by atoms with Crippen molar-refractivity contribution in [2.24, 2.45) is 0 Å². The van der Waals surface area contributed by atoms with Crippen molar-refractivity contribution in [2.45, 2.75) is 31.5 Å². The molecular formula is C27H31N2O4-. The molecule has 2 atom stereocenters. The van der Waals surface area contributed by atoms with E-state index in [0.29, 0.717) is 32.7 Å². The van der Waals surface area contributed by atoms with Crippen LogP contribution in [-0.4, -0.2) is 50.4 Å². The molecule has 0 radical (unpaired) electrons.